The number of aromatic nitrogens is 4. The normalized spacial score (nSPS) is 19.1. The summed E-state index contributed by atoms with van der Waals surface area (Å²) in [7, 11) is 0. The minimum absolute atomic E-state index is 0.207. The van der Waals surface area contributed by atoms with E-state index in [2.05, 4.69) is 24.8 Å². The van der Waals surface area contributed by atoms with Crippen molar-refractivity contribution in [3.8, 4) is 0 Å². The number of piperidine rings is 1. The summed E-state index contributed by atoms with van der Waals surface area (Å²) in [6, 6.07) is 2.22. The molecule has 1 fully saturated rings. The van der Waals surface area contributed by atoms with Crippen molar-refractivity contribution in [1.82, 2.24) is 19.9 Å². The molecule has 0 aromatic carbocycles. The molecule has 104 valence electrons. The van der Waals surface area contributed by atoms with E-state index in [-0.39, 0.29) is 6.04 Å². The zero-order valence-electron chi connectivity index (χ0n) is 12.0. The Morgan fingerprint density at radius 1 is 1.10 bits per heavy atom. The highest BCUT2D eigenvalue weighted by Crippen LogP contribution is 2.32. The zero-order valence-corrected chi connectivity index (χ0v) is 12.0. The first-order valence-corrected chi connectivity index (χ1v) is 7.09. The second kappa shape index (κ2) is 5.53. The highest BCUT2D eigenvalue weighted by molar-refractivity contribution is 5.38. The van der Waals surface area contributed by atoms with Crippen LogP contribution in [-0.2, 0) is 0 Å². The lowest BCUT2D eigenvalue weighted by atomic mass is 10.0. The summed E-state index contributed by atoms with van der Waals surface area (Å²) in [5.74, 6) is 1.83. The first-order valence-electron chi connectivity index (χ1n) is 7.09. The smallest absolute Gasteiger partial charge is 0.151 e. The fraction of sp³-hybridized carbons (Fsp3) is 0.467. The van der Waals surface area contributed by atoms with Crippen molar-refractivity contribution in [2.45, 2.75) is 39.2 Å². The van der Waals surface area contributed by atoms with Gasteiger partial charge < -0.3 is 4.90 Å². The van der Waals surface area contributed by atoms with E-state index in [4.69, 9.17) is 0 Å². The van der Waals surface area contributed by atoms with Gasteiger partial charge in [-0.2, -0.15) is 0 Å². The van der Waals surface area contributed by atoms with Crippen LogP contribution in [0.25, 0.3) is 0 Å². The van der Waals surface area contributed by atoms with Gasteiger partial charge in [0.15, 0.2) is 5.82 Å². The van der Waals surface area contributed by atoms with E-state index in [0.717, 1.165) is 36.0 Å². The topological polar surface area (TPSA) is 54.8 Å². The first-order chi connectivity index (χ1) is 9.74. The van der Waals surface area contributed by atoms with Gasteiger partial charge in [-0.25, -0.2) is 15.0 Å². The number of hydrogen-bond donors (Lipinski definition) is 0. The number of hydrogen-bond acceptors (Lipinski definition) is 5. The van der Waals surface area contributed by atoms with Crippen molar-refractivity contribution in [3.05, 3.63) is 41.9 Å². The van der Waals surface area contributed by atoms with Crippen molar-refractivity contribution in [1.29, 1.82) is 0 Å². The molecule has 1 atom stereocenters. The SMILES string of the molecule is Cc1cc(C)nc([C@@H]2CCCCN2c2cnccn2)n1. The maximum atomic E-state index is 4.63. The van der Waals surface area contributed by atoms with E-state index in [1.165, 1.54) is 12.8 Å². The van der Waals surface area contributed by atoms with Crippen LogP contribution >= 0.6 is 0 Å². The van der Waals surface area contributed by atoms with Gasteiger partial charge in [-0.1, -0.05) is 0 Å². The minimum atomic E-state index is 0.207. The van der Waals surface area contributed by atoms with E-state index in [9.17, 15) is 0 Å². The number of anilines is 1. The molecule has 1 saturated heterocycles. The molecule has 2 aromatic rings. The lowest BCUT2D eigenvalue weighted by Gasteiger charge is -2.35. The van der Waals surface area contributed by atoms with Gasteiger partial charge in [0.2, 0.25) is 0 Å². The Labute approximate surface area is 119 Å². The second-order valence-electron chi connectivity index (χ2n) is 5.28. The summed E-state index contributed by atoms with van der Waals surface area (Å²) in [5.41, 5.74) is 2.05. The summed E-state index contributed by atoms with van der Waals surface area (Å²) in [5, 5.41) is 0. The van der Waals surface area contributed by atoms with Gasteiger partial charge >= 0.3 is 0 Å². The molecule has 0 radical (unpaired) electrons. The van der Waals surface area contributed by atoms with Crippen LogP contribution in [0.15, 0.2) is 24.7 Å². The van der Waals surface area contributed by atoms with E-state index >= 15 is 0 Å². The molecule has 0 bridgehead atoms. The second-order valence-corrected chi connectivity index (χ2v) is 5.28. The van der Waals surface area contributed by atoms with Gasteiger partial charge in [0.1, 0.15) is 5.82 Å². The average Bonchev–Trinajstić information content (AvgIpc) is 2.47. The molecule has 3 rings (SSSR count). The molecule has 0 unspecified atom stereocenters. The highest BCUT2D eigenvalue weighted by atomic mass is 15.2. The number of aryl methyl sites for hydroxylation is 2. The Morgan fingerprint density at radius 3 is 2.60 bits per heavy atom. The van der Waals surface area contributed by atoms with E-state index in [1.54, 1.807) is 12.4 Å². The molecular weight excluding hydrogens is 250 g/mol. The van der Waals surface area contributed by atoms with Crippen LogP contribution in [0.4, 0.5) is 5.82 Å². The van der Waals surface area contributed by atoms with Gasteiger partial charge in [0.05, 0.1) is 12.2 Å². The molecule has 2 aromatic heterocycles. The average molecular weight is 269 g/mol. The molecule has 20 heavy (non-hydrogen) atoms. The Balaban J connectivity index is 1.96. The number of rotatable bonds is 2. The molecule has 5 heteroatoms. The quantitative estimate of drug-likeness (QED) is 0.838. The fourth-order valence-electron chi connectivity index (χ4n) is 2.82. The van der Waals surface area contributed by atoms with Crippen molar-refractivity contribution < 1.29 is 0 Å². The van der Waals surface area contributed by atoms with E-state index in [0.29, 0.717) is 0 Å². The Bertz CT molecular complexity index is 564. The predicted octanol–water partition coefficient (Wildman–Crippen LogP) is 2.62. The monoisotopic (exact) mass is 269 g/mol. The van der Waals surface area contributed by atoms with Gasteiger partial charge in [0, 0.05) is 30.3 Å². The molecule has 5 nitrogen and oxygen atoms in total. The van der Waals surface area contributed by atoms with Crippen LogP contribution in [0.2, 0.25) is 0 Å². The third-order valence-corrected chi connectivity index (χ3v) is 3.64. The van der Waals surface area contributed by atoms with Crippen LogP contribution in [-0.4, -0.2) is 26.5 Å². The van der Waals surface area contributed by atoms with E-state index < -0.39 is 0 Å². The largest absolute Gasteiger partial charge is 0.345 e. The summed E-state index contributed by atoms with van der Waals surface area (Å²) in [4.78, 5) is 20.2. The van der Waals surface area contributed by atoms with Crippen molar-refractivity contribution in [3.63, 3.8) is 0 Å². The molecular formula is C15H19N5. The lowest BCUT2D eigenvalue weighted by Crippen LogP contribution is -2.35. The van der Waals surface area contributed by atoms with Crippen molar-refractivity contribution >= 4 is 5.82 Å². The maximum absolute atomic E-state index is 4.63. The first kappa shape index (κ1) is 13.0. The van der Waals surface area contributed by atoms with Crippen LogP contribution in [0.3, 0.4) is 0 Å². The summed E-state index contributed by atoms with van der Waals surface area (Å²) in [6.07, 6.45) is 8.72. The number of nitrogens with zero attached hydrogens (tertiary/aromatic N) is 5. The van der Waals surface area contributed by atoms with E-state index in [1.807, 2.05) is 26.1 Å². The lowest BCUT2D eigenvalue weighted by molar-refractivity contribution is 0.451. The standard InChI is InChI=1S/C15H19N5/c1-11-9-12(2)19-15(18-11)13-5-3-4-8-20(13)14-10-16-6-7-17-14/h6-7,9-10,13H,3-5,8H2,1-2H3/t13-/m0/s1. The van der Waals surface area contributed by atoms with Gasteiger partial charge in [-0.15, -0.1) is 0 Å². The Kier molecular flexibility index (Phi) is 3.58. The van der Waals surface area contributed by atoms with Crippen LogP contribution in [0, 0.1) is 13.8 Å². The maximum Gasteiger partial charge on any atom is 0.151 e. The zero-order chi connectivity index (χ0) is 13.9. The Hall–Kier alpha value is -2.04. The summed E-state index contributed by atoms with van der Waals surface area (Å²) >= 11 is 0. The molecule has 1 aliphatic rings. The summed E-state index contributed by atoms with van der Waals surface area (Å²) in [6.45, 7) is 5.03. The molecule has 3 heterocycles. The van der Waals surface area contributed by atoms with Crippen molar-refractivity contribution in [2.75, 3.05) is 11.4 Å². The van der Waals surface area contributed by atoms with Gasteiger partial charge in [0.25, 0.3) is 0 Å². The molecule has 0 amide bonds. The molecule has 1 aliphatic heterocycles. The third kappa shape index (κ3) is 2.61. The minimum Gasteiger partial charge on any atom is -0.345 e. The molecule has 0 N–H and O–H groups in total. The highest BCUT2D eigenvalue weighted by Gasteiger charge is 2.27. The van der Waals surface area contributed by atoms with Crippen LogP contribution in [0.5, 0.6) is 0 Å². The third-order valence-electron chi connectivity index (χ3n) is 3.64. The van der Waals surface area contributed by atoms with Crippen LogP contribution < -0.4 is 4.90 Å². The molecule has 0 aliphatic carbocycles. The molecule has 0 saturated carbocycles. The predicted molar refractivity (Wildman–Crippen MR) is 77.5 cm³/mol. The van der Waals surface area contributed by atoms with Gasteiger partial charge in [-0.05, 0) is 39.2 Å². The summed E-state index contributed by atoms with van der Waals surface area (Å²) < 4.78 is 0. The van der Waals surface area contributed by atoms with Crippen LogP contribution in [0.1, 0.15) is 42.5 Å². The fourth-order valence-corrected chi connectivity index (χ4v) is 2.82. The Morgan fingerprint density at radius 2 is 1.90 bits per heavy atom. The van der Waals surface area contributed by atoms with Crippen molar-refractivity contribution in [2.24, 2.45) is 0 Å². The van der Waals surface area contributed by atoms with Gasteiger partial charge in [-0.3, -0.25) is 4.98 Å². The molecule has 0 spiro atoms.